The van der Waals surface area contributed by atoms with Gasteiger partial charge in [0.2, 0.25) is 0 Å². The van der Waals surface area contributed by atoms with Crippen LogP contribution in [0.3, 0.4) is 0 Å². The first-order valence-corrected chi connectivity index (χ1v) is 10.8. The fourth-order valence-electron chi connectivity index (χ4n) is 2.73. The van der Waals surface area contributed by atoms with Crippen LogP contribution in [-0.2, 0) is 13.2 Å². The van der Waals surface area contributed by atoms with Gasteiger partial charge in [-0.2, -0.15) is 0 Å². The first kappa shape index (κ1) is 21.5. The number of carbonyl (C=O) groups excluding carboxylic acids is 2. The van der Waals surface area contributed by atoms with Crippen LogP contribution in [0.2, 0.25) is 0 Å². The maximum Gasteiger partial charge on any atom is 0.251 e. The first-order valence-electron chi connectivity index (χ1n) is 9.91. The van der Waals surface area contributed by atoms with E-state index in [0.717, 1.165) is 24.1 Å². The fourth-order valence-corrected chi connectivity index (χ4v) is 3.28. The van der Waals surface area contributed by atoms with Crippen LogP contribution in [0.25, 0.3) is 0 Å². The van der Waals surface area contributed by atoms with E-state index in [1.54, 1.807) is 35.8 Å². The number of hydrogen-bond acceptors (Lipinski definition) is 5. The van der Waals surface area contributed by atoms with Crippen molar-refractivity contribution < 1.29 is 14.3 Å². The lowest BCUT2D eigenvalue weighted by atomic mass is 10.1. The Labute approximate surface area is 180 Å². The standard InChI is InChI=1S/C23H25N3O3S/c1-2-3-11-24-22(27)18-9-7-17(8-10-18)13-25-23(28)19-5-4-6-21(12-19)29-14-20-15-30-16-26-20/h4-10,12,15-16H,2-3,11,13-14H2,1H3,(H,24,27)(H,25,28). The molecule has 0 fully saturated rings. The van der Waals surface area contributed by atoms with Crippen LogP contribution >= 0.6 is 11.3 Å². The molecule has 0 unspecified atom stereocenters. The molecule has 0 saturated carbocycles. The molecule has 30 heavy (non-hydrogen) atoms. The number of hydrogen-bond donors (Lipinski definition) is 2. The van der Waals surface area contributed by atoms with Crippen LogP contribution in [0, 0.1) is 0 Å². The molecule has 7 heteroatoms. The van der Waals surface area contributed by atoms with E-state index in [-0.39, 0.29) is 11.8 Å². The van der Waals surface area contributed by atoms with Crippen LogP contribution < -0.4 is 15.4 Å². The third kappa shape index (κ3) is 6.42. The van der Waals surface area contributed by atoms with Crippen molar-refractivity contribution >= 4 is 23.2 Å². The van der Waals surface area contributed by atoms with Gasteiger partial charge < -0.3 is 15.4 Å². The molecule has 156 valence electrons. The van der Waals surface area contributed by atoms with Crippen molar-refractivity contribution in [1.82, 2.24) is 15.6 Å². The molecule has 6 nitrogen and oxygen atoms in total. The van der Waals surface area contributed by atoms with Gasteiger partial charge in [0, 0.05) is 29.6 Å². The topological polar surface area (TPSA) is 80.3 Å². The summed E-state index contributed by atoms with van der Waals surface area (Å²) in [6.45, 7) is 3.51. The van der Waals surface area contributed by atoms with E-state index < -0.39 is 0 Å². The highest BCUT2D eigenvalue weighted by Gasteiger charge is 2.08. The average Bonchev–Trinajstić information content (AvgIpc) is 3.30. The Bertz CT molecular complexity index is 956. The number of benzene rings is 2. The summed E-state index contributed by atoms with van der Waals surface area (Å²) in [6, 6.07) is 14.3. The predicted molar refractivity (Wildman–Crippen MR) is 118 cm³/mol. The number of ether oxygens (including phenoxy) is 1. The summed E-state index contributed by atoms with van der Waals surface area (Å²) in [4.78, 5) is 28.7. The summed E-state index contributed by atoms with van der Waals surface area (Å²) in [6.07, 6.45) is 2.01. The third-order valence-electron chi connectivity index (χ3n) is 4.45. The van der Waals surface area contributed by atoms with Gasteiger partial charge in [-0.05, 0) is 42.3 Å². The Morgan fingerprint density at radius 1 is 1.03 bits per heavy atom. The first-order chi connectivity index (χ1) is 14.7. The Kier molecular flexibility index (Phi) is 7.97. The molecule has 2 aromatic carbocycles. The van der Waals surface area contributed by atoms with Gasteiger partial charge in [0.25, 0.3) is 11.8 Å². The lowest BCUT2D eigenvalue weighted by Crippen LogP contribution is -2.24. The highest BCUT2D eigenvalue weighted by molar-refractivity contribution is 7.07. The number of nitrogens with zero attached hydrogens (tertiary/aromatic N) is 1. The number of aromatic nitrogens is 1. The van der Waals surface area contributed by atoms with Crippen LogP contribution in [0.4, 0.5) is 0 Å². The molecule has 3 aromatic rings. The van der Waals surface area contributed by atoms with Gasteiger partial charge in [-0.1, -0.05) is 31.5 Å². The number of nitrogens with one attached hydrogen (secondary N) is 2. The highest BCUT2D eigenvalue weighted by Crippen LogP contribution is 2.15. The molecule has 0 spiro atoms. The summed E-state index contributed by atoms with van der Waals surface area (Å²) in [5.74, 6) is 0.359. The molecule has 0 atom stereocenters. The van der Waals surface area contributed by atoms with Gasteiger partial charge in [-0.3, -0.25) is 9.59 Å². The Hall–Kier alpha value is -3.19. The molecule has 3 rings (SSSR count). The lowest BCUT2D eigenvalue weighted by molar-refractivity contribution is 0.0942. The quantitative estimate of drug-likeness (QED) is 0.480. The molecule has 0 bridgehead atoms. The minimum atomic E-state index is -0.185. The molecule has 0 radical (unpaired) electrons. The molecule has 0 aliphatic rings. The zero-order valence-corrected chi connectivity index (χ0v) is 17.7. The number of thiazole rings is 1. The van der Waals surface area contributed by atoms with E-state index in [1.807, 2.05) is 23.6 Å². The lowest BCUT2D eigenvalue weighted by Gasteiger charge is -2.09. The SMILES string of the molecule is CCCCNC(=O)c1ccc(CNC(=O)c2cccc(OCc3cscn3)c2)cc1. The van der Waals surface area contributed by atoms with Gasteiger partial charge in [-0.25, -0.2) is 4.98 Å². The molecule has 0 aliphatic heterocycles. The third-order valence-corrected chi connectivity index (χ3v) is 5.09. The zero-order chi connectivity index (χ0) is 21.2. The molecular formula is C23H25N3O3S. The number of rotatable bonds is 10. The minimum Gasteiger partial charge on any atom is -0.487 e. The van der Waals surface area contributed by atoms with E-state index >= 15 is 0 Å². The van der Waals surface area contributed by atoms with Crippen molar-refractivity contribution in [3.05, 3.63) is 81.8 Å². The molecule has 2 N–H and O–H groups in total. The van der Waals surface area contributed by atoms with E-state index in [0.29, 0.717) is 36.6 Å². The predicted octanol–water partition coefficient (Wildman–Crippen LogP) is 4.18. The maximum absolute atomic E-state index is 12.5. The van der Waals surface area contributed by atoms with Gasteiger partial charge >= 0.3 is 0 Å². The molecule has 1 heterocycles. The molecule has 0 saturated heterocycles. The number of carbonyl (C=O) groups is 2. The normalized spacial score (nSPS) is 10.4. The summed E-state index contributed by atoms with van der Waals surface area (Å²) < 4.78 is 5.70. The van der Waals surface area contributed by atoms with Crippen molar-refractivity contribution in [2.24, 2.45) is 0 Å². The van der Waals surface area contributed by atoms with Gasteiger partial charge in [0.15, 0.2) is 0 Å². The summed E-state index contributed by atoms with van der Waals surface area (Å²) in [7, 11) is 0. The molecular weight excluding hydrogens is 398 g/mol. The number of amides is 2. The van der Waals surface area contributed by atoms with E-state index in [1.165, 1.54) is 11.3 Å². The van der Waals surface area contributed by atoms with Crippen molar-refractivity contribution in [3.8, 4) is 5.75 Å². The van der Waals surface area contributed by atoms with Crippen molar-refractivity contribution in [2.75, 3.05) is 6.54 Å². The van der Waals surface area contributed by atoms with Gasteiger partial charge in [0.1, 0.15) is 12.4 Å². The Morgan fingerprint density at radius 2 is 1.83 bits per heavy atom. The van der Waals surface area contributed by atoms with E-state index in [4.69, 9.17) is 4.74 Å². The Morgan fingerprint density at radius 3 is 2.57 bits per heavy atom. The highest BCUT2D eigenvalue weighted by atomic mass is 32.1. The average molecular weight is 424 g/mol. The number of unbranched alkanes of at least 4 members (excludes halogenated alkanes) is 1. The molecule has 1 aromatic heterocycles. The van der Waals surface area contributed by atoms with Crippen molar-refractivity contribution in [2.45, 2.75) is 32.9 Å². The van der Waals surface area contributed by atoms with Crippen LogP contribution in [0.15, 0.2) is 59.4 Å². The van der Waals surface area contributed by atoms with Crippen molar-refractivity contribution in [1.29, 1.82) is 0 Å². The van der Waals surface area contributed by atoms with Crippen LogP contribution in [0.5, 0.6) is 5.75 Å². The maximum atomic E-state index is 12.5. The minimum absolute atomic E-state index is 0.0755. The smallest absolute Gasteiger partial charge is 0.251 e. The van der Waals surface area contributed by atoms with Crippen molar-refractivity contribution in [3.63, 3.8) is 0 Å². The second kappa shape index (κ2) is 11.1. The monoisotopic (exact) mass is 423 g/mol. The van der Waals surface area contributed by atoms with E-state index in [9.17, 15) is 9.59 Å². The van der Waals surface area contributed by atoms with Gasteiger partial charge in [-0.15, -0.1) is 11.3 Å². The Balaban J connectivity index is 1.50. The summed E-state index contributed by atoms with van der Waals surface area (Å²) in [5.41, 5.74) is 4.68. The second-order valence-electron chi connectivity index (χ2n) is 6.79. The molecule has 2 amide bonds. The molecule has 0 aliphatic carbocycles. The zero-order valence-electron chi connectivity index (χ0n) is 16.9. The van der Waals surface area contributed by atoms with Crippen LogP contribution in [-0.4, -0.2) is 23.3 Å². The van der Waals surface area contributed by atoms with Crippen LogP contribution in [0.1, 0.15) is 51.7 Å². The fraction of sp³-hybridized carbons (Fsp3) is 0.261. The summed E-state index contributed by atoms with van der Waals surface area (Å²) in [5, 5.41) is 7.72. The largest absolute Gasteiger partial charge is 0.487 e. The summed E-state index contributed by atoms with van der Waals surface area (Å²) >= 11 is 1.52. The van der Waals surface area contributed by atoms with E-state index in [2.05, 4.69) is 22.5 Å². The van der Waals surface area contributed by atoms with Gasteiger partial charge in [0.05, 0.1) is 11.2 Å². The second-order valence-corrected chi connectivity index (χ2v) is 7.50.